The number of aryl methyl sites for hydroxylation is 1. The van der Waals surface area contributed by atoms with E-state index in [4.69, 9.17) is 11.6 Å². The topological polar surface area (TPSA) is 79.7 Å². The molecular weight excluding hydrogens is 214 g/mol. The third kappa shape index (κ3) is 2.68. The zero-order valence-corrected chi connectivity index (χ0v) is 10.3. The van der Waals surface area contributed by atoms with Crippen LogP contribution >= 0.6 is 0 Å². The largest absolute Gasteiger partial charge is 0.388 e. The smallest absolute Gasteiger partial charge is 0.152 e. The third-order valence-corrected chi connectivity index (χ3v) is 2.95. The minimum atomic E-state index is 0.364. The number of hydrazine groups is 1. The minimum absolute atomic E-state index is 0.364. The Morgan fingerprint density at radius 3 is 2.76 bits per heavy atom. The van der Waals surface area contributed by atoms with Gasteiger partial charge in [-0.05, 0) is 31.4 Å². The average molecular weight is 233 g/mol. The van der Waals surface area contributed by atoms with Crippen molar-refractivity contribution in [2.24, 2.45) is 16.7 Å². The van der Waals surface area contributed by atoms with Gasteiger partial charge in [0.2, 0.25) is 0 Å². The summed E-state index contributed by atoms with van der Waals surface area (Å²) in [5, 5.41) is 8.78. The van der Waals surface area contributed by atoms with Crippen molar-refractivity contribution in [2.75, 3.05) is 12.4 Å². The molecule has 5 heteroatoms. The fourth-order valence-electron chi connectivity index (χ4n) is 1.65. The van der Waals surface area contributed by atoms with Crippen molar-refractivity contribution in [2.45, 2.75) is 25.8 Å². The molecule has 1 aliphatic rings. The monoisotopic (exact) mass is 233 g/mol. The van der Waals surface area contributed by atoms with Crippen molar-refractivity contribution in [1.29, 1.82) is 0 Å². The first-order valence-electron chi connectivity index (χ1n) is 5.78. The summed E-state index contributed by atoms with van der Waals surface area (Å²) in [6.07, 6.45) is 2.20. The lowest BCUT2D eigenvalue weighted by atomic mass is 10.1. The molecule has 0 bridgehead atoms. The van der Waals surface area contributed by atoms with Gasteiger partial charge in [0.25, 0.3) is 0 Å². The number of nitrogens with one attached hydrogen (secondary N) is 1. The lowest BCUT2D eigenvalue weighted by Gasteiger charge is -2.13. The molecule has 1 saturated carbocycles. The minimum Gasteiger partial charge on any atom is -0.388 e. The van der Waals surface area contributed by atoms with Crippen LogP contribution in [0.3, 0.4) is 0 Å². The highest BCUT2D eigenvalue weighted by atomic mass is 15.7. The van der Waals surface area contributed by atoms with Crippen LogP contribution in [-0.2, 0) is 0 Å². The summed E-state index contributed by atoms with van der Waals surface area (Å²) in [6, 6.07) is 6.31. The van der Waals surface area contributed by atoms with E-state index in [0.717, 1.165) is 24.1 Å². The molecule has 1 fully saturated rings. The molecule has 0 amide bonds. The molecule has 0 aliphatic heterocycles. The second kappa shape index (κ2) is 4.63. The summed E-state index contributed by atoms with van der Waals surface area (Å²) in [5.41, 5.74) is 9.05. The van der Waals surface area contributed by atoms with Gasteiger partial charge in [-0.2, -0.15) is 0 Å². The predicted octanol–water partition coefficient (Wildman–Crippen LogP) is 0.995. The Morgan fingerprint density at radius 1 is 1.47 bits per heavy atom. The molecule has 2 rings (SSSR count). The standard InChI is InChI=1S/C12H19N5/c1-8-3-4-9(7-11(8)15-2)12(13)16-17(14)10-5-6-10/h3-4,7,10,15H,5-6,14H2,1-2H3,(H2,13,16). The number of hydrazone groups is 1. The van der Waals surface area contributed by atoms with Gasteiger partial charge in [-0.25, -0.2) is 11.0 Å². The van der Waals surface area contributed by atoms with Gasteiger partial charge < -0.3 is 11.1 Å². The van der Waals surface area contributed by atoms with Crippen molar-refractivity contribution in [3.8, 4) is 0 Å². The number of anilines is 1. The first kappa shape index (κ1) is 11.7. The summed E-state index contributed by atoms with van der Waals surface area (Å²) in [7, 11) is 1.89. The number of nitrogens with zero attached hydrogens (tertiary/aromatic N) is 2. The van der Waals surface area contributed by atoms with Gasteiger partial charge in [0, 0.05) is 18.3 Å². The third-order valence-electron chi connectivity index (χ3n) is 2.95. The van der Waals surface area contributed by atoms with Crippen molar-refractivity contribution in [1.82, 2.24) is 5.12 Å². The van der Waals surface area contributed by atoms with Crippen LogP contribution in [0.25, 0.3) is 0 Å². The van der Waals surface area contributed by atoms with Crippen molar-refractivity contribution in [3.63, 3.8) is 0 Å². The fraction of sp³-hybridized carbons (Fsp3) is 0.417. The second-order valence-corrected chi connectivity index (χ2v) is 4.38. The molecule has 1 aromatic rings. The maximum absolute atomic E-state index is 5.94. The summed E-state index contributed by atoms with van der Waals surface area (Å²) in [5.74, 6) is 6.22. The number of benzene rings is 1. The fourth-order valence-corrected chi connectivity index (χ4v) is 1.65. The van der Waals surface area contributed by atoms with Gasteiger partial charge in [0.1, 0.15) is 0 Å². The highest BCUT2D eigenvalue weighted by molar-refractivity contribution is 5.98. The van der Waals surface area contributed by atoms with E-state index in [9.17, 15) is 0 Å². The Labute approximate surface area is 101 Å². The molecule has 5 nitrogen and oxygen atoms in total. The quantitative estimate of drug-likeness (QED) is 0.314. The first-order chi connectivity index (χ1) is 8.11. The molecule has 92 valence electrons. The summed E-state index contributed by atoms with van der Waals surface area (Å²) in [4.78, 5) is 0. The lowest BCUT2D eigenvalue weighted by Crippen LogP contribution is -2.31. The number of nitrogens with two attached hydrogens (primary N) is 2. The highest BCUT2D eigenvalue weighted by Crippen LogP contribution is 2.24. The number of amidine groups is 1. The molecule has 0 radical (unpaired) electrons. The van der Waals surface area contributed by atoms with E-state index in [0.29, 0.717) is 11.9 Å². The van der Waals surface area contributed by atoms with Gasteiger partial charge in [0.15, 0.2) is 5.84 Å². The molecule has 0 heterocycles. The van der Waals surface area contributed by atoms with E-state index in [1.165, 1.54) is 10.7 Å². The molecule has 0 spiro atoms. The maximum atomic E-state index is 5.94. The first-order valence-corrected chi connectivity index (χ1v) is 5.78. The van der Waals surface area contributed by atoms with Gasteiger partial charge in [-0.15, -0.1) is 5.10 Å². The summed E-state index contributed by atoms with van der Waals surface area (Å²) in [6.45, 7) is 2.04. The van der Waals surface area contributed by atoms with Crippen LogP contribution in [0.15, 0.2) is 23.3 Å². The highest BCUT2D eigenvalue weighted by Gasteiger charge is 2.26. The van der Waals surface area contributed by atoms with Gasteiger partial charge >= 0.3 is 0 Å². The van der Waals surface area contributed by atoms with Crippen molar-refractivity contribution >= 4 is 11.5 Å². The number of hydrogen-bond donors (Lipinski definition) is 3. The maximum Gasteiger partial charge on any atom is 0.152 e. The molecule has 1 aromatic carbocycles. The van der Waals surface area contributed by atoms with Gasteiger partial charge in [-0.1, -0.05) is 12.1 Å². The summed E-state index contributed by atoms with van der Waals surface area (Å²) < 4.78 is 0. The zero-order valence-electron chi connectivity index (χ0n) is 10.3. The molecule has 0 aromatic heterocycles. The Morgan fingerprint density at radius 2 is 2.18 bits per heavy atom. The predicted molar refractivity (Wildman–Crippen MR) is 70.5 cm³/mol. The van der Waals surface area contributed by atoms with Crippen LogP contribution in [0.4, 0.5) is 5.69 Å². The molecule has 5 N–H and O–H groups in total. The second-order valence-electron chi connectivity index (χ2n) is 4.38. The Balaban J connectivity index is 2.20. The lowest BCUT2D eigenvalue weighted by molar-refractivity contribution is 0.288. The van der Waals surface area contributed by atoms with Crippen LogP contribution in [0.2, 0.25) is 0 Å². The zero-order chi connectivity index (χ0) is 12.4. The molecule has 1 aliphatic carbocycles. The molecular formula is C12H19N5. The van der Waals surface area contributed by atoms with Crippen molar-refractivity contribution in [3.05, 3.63) is 29.3 Å². The molecule has 0 unspecified atom stereocenters. The molecule has 0 saturated heterocycles. The van der Waals surface area contributed by atoms with E-state index in [1.54, 1.807) is 0 Å². The van der Waals surface area contributed by atoms with E-state index < -0.39 is 0 Å². The van der Waals surface area contributed by atoms with E-state index >= 15 is 0 Å². The van der Waals surface area contributed by atoms with Crippen LogP contribution in [0.5, 0.6) is 0 Å². The van der Waals surface area contributed by atoms with Crippen LogP contribution in [0, 0.1) is 6.92 Å². The molecule has 17 heavy (non-hydrogen) atoms. The molecule has 0 atom stereocenters. The average Bonchev–Trinajstić information content (AvgIpc) is 3.13. The SMILES string of the molecule is CNc1cc(/C(N)=N/N(N)C2CC2)ccc1C. The van der Waals surface area contributed by atoms with Crippen LogP contribution < -0.4 is 16.9 Å². The van der Waals surface area contributed by atoms with E-state index in [-0.39, 0.29) is 0 Å². The van der Waals surface area contributed by atoms with Gasteiger partial charge in [-0.3, -0.25) is 0 Å². The van der Waals surface area contributed by atoms with Crippen molar-refractivity contribution < 1.29 is 0 Å². The van der Waals surface area contributed by atoms with E-state index in [2.05, 4.69) is 10.4 Å². The van der Waals surface area contributed by atoms with E-state index in [1.807, 2.05) is 32.2 Å². The summed E-state index contributed by atoms with van der Waals surface area (Å²) >= 11 is 0. The Bertz CT molecular complexity index is 437. The Kier molecular flexibility index (Phi) is 3.19. The number of rotatable bonds is 4. The normalized spacial score (nSPS) is 15.8. The van der Waals surface area contributed by atoms with Gasteiger partial charge in [0.05, 0.1) is 6.04 Å². The Hall–Kier alpha value is -1.75. The van der Waals surface area contributed by atoms with Crippen LogP contribution in [0.1, 0.15) is 24.0 Å². The number of hydrogen-bond acceptors (Lipinski definition) is 4. The van der Waals surface area contributed by atoms with Crippen LogP contribution in [-0.4, -0.2) is 24.0 Å².